The maximum absolute atomic E-state index is 12.3. The van der Waals surface area contributed by atoms with Crippen molar-refractivity contribution in [3.63, 3.8) is 0 Å². The third-order valence-electron chi connectivity index (χ3n) is 3.50. The van der Waals surface area contributed by atoms with Crippen LogP contribution >= 0.6 is 15.9 Å². The largest absolute Gasteiger partial charge is 0.492 e. The summed E-state index contributed by atoms with van der Waals surface area (Å²) in [6.07, 6.45) is 0.539. The first kappa shape index (κ1) is 17.5. The lowest BCUT2D eigenvalue weighted by Gasteiger charge is -2.21. The van der Waals surface area contributed by atoms with Gasteiger partial charge in [0.2, 0.25) is 5.91 Å². The highest BCUT2D eigenvalue weighted by Gasteiger charge is 2.18. The SMILES string of the molecule is CN(CCOc1ccc(Br)cc1)C(=O)[C@@H](N)Cc1ccccc1. The minimum absolute atomic E-state index is 0.0757. The molecule has 0 spiro atoms. The normalized spacial score (nSPS) is 11.8. The van der Waals surface area contributed by atoms with E-state index in [1.165, 1.54) is 0 Å². The van der Waals surface area contributed by atoms with E-state index in [2.05, 4.69) is 15.9 Å². The van der Waals surface area contributed by atoms with Gasteiger partial charge in [-0.25, -0.2) is 0 Å². The van der Waals surface area contributed by atoms with E-state index in [1.54, 1.807) is 11.9 Å². The molecule has 0 aliphatic rings. The van der Waals surface area contributed by atoms with Gasteiger partial charge in [0.1, 0.15) is 12.4 Å². The van der Waals surface area contributed by atoms with Crippen molar-refractivity contribution in [1.29, 1.82) is 0 Å². The molecule has 0 bridgehead atoms. The average Bonchev–Trinajstić information content (AvgIpc) is 2.56. The highest BCUT2D eigenvalue weighted by atomic mass is 79.9. The Morgan fingerprint density at radius 1 is 1.17 bits per heavy atom. The second-order valence-electron chi connectivity index (χ2n) is 5.36. The van der Waals surface area contributed by atoms with Crippen molar-refractivity contribution >= 4 is 21.8 Å². The summed E-state index contributed by atoms with van der Waals surface area (Å²) < 4.78 is 6.63. The zero-order chi connectivity index (χ0) is 16.7. The Morgan fingerprint density at radius 2 is 1.83 bits per heavy atom. The molecular formula is C18H21BrN2O2. The molecule has 0 radical (unpaired) electrons. The highest BCUT2D eigenvalue weighted by Crippen LogP contribution is 2.15. The molecule has 2 aromatic rings. The van der Waals surface area contributed by atoms with E-state index >= 15 is 0 Å². The quantitative estimate of drug-likeness (QED) is 0.808. The summed E-state index contributed by atoms with van der Waals surface area (Å²) >= 11 is 3.38. The van der Waals surface area contributed by atoms with Crippen molar-refractivity contribution < 1.29 is 9.53 Å². The van der Waals surface area contributed by atoms with Crippen molar-refractivity contribution in [2.75, 3.05) is 20.2 Å². The van der Waals surface area contributed by atoms with E-state index in [0.29, 0.717) is 19.6 Å². The molecule has 5 heteroatoms. The Morgan fingerprint density at radius 3 is 2.48 bits per heavy atom. The molecule has 0 fully saturated rings. The molecule has 0 aromatic heterocycles. The minimum Gasteiger partial charge on any atom is -0.492 e. The van der Waals surface area contributed by atoms with Crippen LogP contribution < -0.4 is 10.5 Å². The number of hydrogen-bond acceptors (Lipinski definition) is 3. The van der Waals surface area contributed by atoms with Gasteiger partial charge in [0.05, 0.1) is 12.6 Å². The summed E-state index contributed by atoms with van der Waals surface area (Å²) in [5, 5.41) is 0. The van der Waals surface area contributed by atoms with Crippen LogP contribution in [0.3, 0.4) is 0 Å². The molecule has 2 rings (SSSR count). The molecule has 2 N–H and O–H groups in total. The van der Waals surface area contributed by atoms with Crippen molar-refractivity contribution in [3.05, 3.63) is 64.6 Å². The molecule has 0 aliphatic carbocycles. The summed E-state index contributed by atoms with van der Waals surface area (Å²) in [4.78, 5) is 13.9. The predicted octanol–water partition coefficient (Wildman–Crippen LogP) is 2.86. The van der Waals surface area contributed by atoms with Crippen LogP contribution in [0.4, 0.5) is 0 Å². The number of carbonyl (C=O) groups is 1. The molecule has 122 valence electrons. The van der Waals surface area contributed by atoms with Crippen LogP contribution in [0.5, 0.6) is 5.75 Å². The molecule has 1 amide bonds. The molecular weight excluding hydrogens is 356 g/mol. The minimum atomic E-state index is -0.532. The number of benzene rings is 2. The lowest BCUT2D eigenvalue weighted by Crippen LogP contribution is -2.44. The number of hydrogen-bond donors (Lipinski definition) is 1. The zero-order valence-electron chi connectivity index (χ0n) is 13.1. The highest BCUT2D eigenvalue weighted by molar-refractivity contribution is 9.10. The average molecular weight is 377 g/mol. The fourth-order valence-electron chi connectivity index (χ4n) is 2.18. The van der Waals surface area contributed by atoms with E-state index in [4.69, 9.17) is 10.5 Å². The van der Waals surface area contributed by atoms with Gasteiger partial charge in [-0.15, -0.1) is 0 Å². The lowest BCUT2D eigenvalue weighted by atomic mass is 10.1. The van der Waals surface area contributed by atoms with Gasteiger partial charge in [0.15, 0.2) is 0 Å². The Bertz CT molecular complexity index is 617. The number of nitrogens with zero attached hydrogens (tertiary/aromatic N) is 1. The van der Waals surface area contributed by atoms with E-state index in [1.807, 2.05) is 54.6 Å². The Kier molecular flexibility index (Phi) is 6.62. The van der Waals surface area contributed by atoms with Crippen molar-refractivity contribution in [2.24, 2.45) is 5.73 Å². The van der Waals surface area contributed by atoms with Crippen LogP contribution in [0.25, 0.3) is 0 Å². The van der Waals surface area contributed by atoms with Crippen LogP contribution in [0, 0.1) is 0 Å². The number of nitrogens with two attached hydrogens (primary N) is 1. The van der Waals surface area contributed by atoms with Crippen LogP contribution in [0.15, 0.2) is 59.1 Å². The van der Waals surface area contributed by atoms with Crippen molar-refractivity contribution in [2.45, 2.75) is 12.5 Å². The van der Waals surface area contributed by atoms with Gasteiger partial charge in [-0.05, 0) is 36.2 Å². The van der Waals surface area contributed by atoms with Crippen LogP contribution in [0.2, 0.25) is 0 Å². The second-order valence-corrected chi connectivity index (χ2v) is 6.27. The number of carbonyl (C=O) groups excluding carboxylic acids is 1. The van der Waals surface area contributed by atoms with Crippen LogP contribution in [0.1, 0.15) is 5.56 Å². The summed E-state index contributed by atoms with van der Waals surface area (Å²) in [6.45, 7) is 0.930. The van der Waals surface area contributed by atoms with E-state index < -0.39 is 6.04 Å². The molecule has 0 saturated carbocycles. The zero-order valence-corrected chi connectivity index (χ0v) is 14.7. The molecule has 4 nitrogen and oxygen atoms in total. The van der Waals surface area contributed by atoms with Gasteiger partial charge in [0.25, 0.3) is 0 Å². The smallest absolute Gasteiger partial charge is 0.239 e. The van der Waals surface area contributed by atoms with Gasteiger partial charge < -0.3 is 15.4 Å². The van der Waals surface area contributed by atoms with Gasteiger partial charge in [-0.2, -0.15) is 0 Å². The number of likely N-dealkylation sites (N-methyl/N-ethyl adjacent to an activating group) is 1. The van der Waals surface area contributed by atoms with Gasteiger partial charge >= 0.3 is 0 Å². The molecule has 0 unspecified atom stereocenters. The molecule has 0 heterocycles. The summed E-state index contributed by atoms with van der Waals surface area (Å²) in [5.74, 6) is 0.705. The van der Waals surface area contributed by atoms with Crippen molar-refractivity contribution in [3.8, 4) is 5.75 Å². The first-order chi connectivity index (χ1) is 11.1. The van der Waals surface area contributed by atoms with Gasteiger partial charge in [0, 0.05) is 11.5 Å². The monoisotopic (exact) mass is 376 g/mol. The van der Waals surface area contributed by atoms with Crippen LogP contribution in [-0.2, 0) is 11.2 Å². The molecule has 1 atom stereocenters. The van der Waals surface area contributed by atoms with E-state index in [0.717, 1.165) is 15.8 Å². The first-order valence-electron chi connectivity index (χ1n) is 7.49. The summed E-state index contributed by atoms with van der Waals surface area (Å²) in [5.41, 5.74) is 7.08. The maximum atomic E-state index is 12.3. The van der Waals surface area contributed by atoms with E-state index in [9.17, 15) is 4.79 Å². The van der Waals surface area contributed by atoms with Gasteiger partial charge in [-0.3, -0.25) is 4.79 Å². The van der Waals surface area contributed by atoms with Crippen molar-refractivity contribution in [1.82, 2.24) is 4.90 Å². The van der Waals surface area contributed by atoms with Crippen LogP contribution in [-0.4, -0.2) is 37.0 Å². The number of amides is 1. The molecule has 0 saturated heterocycles. The number of ether oxygens (including phenoxy) is 1. The first-order valence-corrected chi connectivity index (χ1v) is 8.28. The lowest BCUT2D eigenvalue weighted by molar-refractivity contribution is -0.131. The number of halogens is 1. The molecule has 2 aromatic carbocycles. The number of rotatable bonds is 7. The Balaban J connectivity index is 1.76. The topological polar surface area (TPSA) is 55.6 Å². The fraction of sp³-hybridized carbons (Fsp3) is 0.278. The van der Waals surface area contributed by atoms with E-state index in [-0.39, 0.29) is 5.91 Å². The standard InChI is InChI=1S/C18H21BrN2O2/c1-21(11-12-23-16-9-7-15(19)8-10-16)18(22)17(20)13-14-5-3-2-4-6-14/h2-10,17H,11-13,20H2,1H3/t17-/m0/s1. The summed E-state index contributed by atoms with van der Waals surface area (Å²) in [6, 6.07) is 16.9. The summed E-state index contributed by atoms with van der Waals surface area (Å²) in [7, 11) is 1.75. The molecule has 0 aliphatic heterocycles. The third-order valence-corrected chi connectivity index (χ3v) is 4.03. The molecule has 23 heavy (non-hydrogen) atoms. The third kappa shape index (κ3) is 5.69. The van der Waals surface area contributed by atoms with Gasteiger partial charge in [-0.1, -0.05) is 46.3 Å². The second kappa shape index (κ2) is 8.70. The maximum Gasteiger partial charge on any atom is 0.239 e. The Labute approximate surface area is 145 Å². The fourth-order valence-corrected chi connectivity index (χ4v) is 2.44. The Hall–Kier alpha value is -1.85. The predicted molar refractivity (Wildman–Crippen MR) is 95.4 cm³/mol.